The normalized spacial score (nSPS) is 10.8. The Bertz CT molecular complexity index is 1030. The van der Waals surface area contributed by atoms with Crippen molar-refractivity contribution in [1.82, 2.24) is 4.90 Å². The average molecular weight is 570 g/mol. The van der Waals surface area contributed by atoms with Gasteiger partial charge in [0.25, 0.3) is 0 Å². The van der Waals surface area contributed by atoms with Crippen molar-refractivity contribution in [1.29, 1.82) is 0 Å². The van der Waals surface area contributed by atoms with E-state index in [1.54, 1.807) is 7.11 Å². The van der Waals surface area contributed by atoms with E-state index in [1.165, 1.54) is 77.6 Å². The van der Waals surface area contributed by atoms with E-state index in [2.05, 4.69) is 13.8 Å². The highest BCUT2D eigenvalue weighted by Gasteiger charge is 2.21. The Morgan fingerprint density at radius 1 is 0.805 bits per heavy atom. The molecule has 0 aliphatic heterocycles. The molecule has 0 aliphatic rings. The molecular formula is C34H53N2O5+. The van der Waals surface area contributed by atoms with Gasteiger partial charge in [-0.05, 0) is 30.2 Å². The fourth-order valence-electron chi connectivity index (χ4n) is 4.82. The Morgan fingerprint density at radius 2 is 1.46 bits per heavy atom. The molecule has 2 amide bonds. The van der Waals surface area contributed by atoms with Crippen LogP contribution in [0.25, 0.3) is 0 Å². The SMILES string of the molecule is CCCCCCCCCCCCCCOc1ccc(COC(=O)N(Cc2ccc[n+](CCC)c2)C(C)=O)cc1OC. The molecule has 0 unspecified atom stereocenters. The maximum Gasteiger partial charge on any atom is 0.417 e. The number of carbonyl (C=O) groups excluding carboxylic acids is 2. The molecule has 0 saturated carbocycles. The average Bonchev–Trinajstić information content (AvgIpc) is 2.97. The topological polar surface area (TPSA) is 69.0 Å². The lowest BCUT2D eigenvalue weighted by atomic mass is 10.1. The van der Waals surface area contributed by atoms with Gasteiger partial charge in [0.05, 0.1) is 20.3 Å². The van der Waals surface area contributed by atoms with Gasteiger partial charge in [-0.25, -0.2) is 14.3 Å². The molecule has 0 saturated heterocycles. The molecule has 0 N–H and O–H groups in total. The number of hydrogen-bond donors (Lipinski definition) is 0. The van der Waals surface area contributed by atoms with Crippen LogP contribution in [0.4, 0.5) is 4.79 Å². The number of imide groups is 1. The second-order valence-electron chi connectivity index (χ2n) is 10.8. The van der Waals surface area contributed by atoms with Crippen LogP contribution in [0.15, 0.2) is 42.7 Å². The highest BCUT2D eigenvalue weighted by Crippen LogP contribution is 2.29. The van der Waals surface area contributed by atoms with Gasteiger partial charge in [0.1, 0.15) is 13.2 Å². The number of benzene rings is 1. The summed E-state index contributed by atoms with van der Waals surface area (Å²) in [6.45, 7) is 7.45. The third-order valence-electron chi connectivity index (χ3n) is 7.19. The molecule has 2 rings (SSSR count). The van der Waals surface area contributed by atoms with Crippen LogP contribution in [0, 0.1) is 0 Å². The lowest BCUT2D eigenvalue weighted by molar-refractivity contribution is -0.697. The van der Waals surface area contributed by atoms with Gasteiger partial charge in [0.2, 0.25) is 5.91 Å². The number of ether oxygens (including phenoxy) is 3. The van der Waals surface area contributed by atoms with Crippen molar-refractivity contribution in [3.8, 4) is 11.5 Å². The number of amides is 2. The number of hydrogen-bond acceptors (Lipinski definition) is 5. The largest absolute Gasteiger partial charge is 0.493 e. The number of rotatable bonds is 21. The molecular weight excluding hydrogens is 516 g/mol. The minimum atomic E-state index is -0.672. The van der Waals surface area contributed by atoms with Gasteiger partial charge in [-0.3, -0.25) is 4.79 Å². The minimum Gasteiger partial charge on any atom is -0.493 e. The summed E-state index contributed by atoms with van der Waals surface area (Å²) in [5.41, 5.74) is 1.63. The summed E-state index contributed by atoms with van der Waals surface area (Å²) in [4.78, 5) is 26.1. The van der Waals surface area contributed by atoms with Crippen LogP contribution in [0.2, 0.25) is 0 Å². The summed E-state index contributed by atoms with van der Waals surface area (Å²) < 4.78 is 19.0. The van der Waals surface area contributed by atoms with Gasteiger partial charge < -0.3 is 14.2 Å². The maximum atomic E-state index is 12.8. The lowest BCUT2D eigenvalue weighted by Crippen LogP contribution is -2.37. The van der Waals surface area contributed by atoms with Crippen molar-refractivity contribution in [3.63, 3.8) is 0 Å². The first kappa shape index (κ1) is 34.1. The van der Waals surface area contributed by atoms with E-state index in [0.29, 0.717) is 18.1 Å². The third kappa shape index (κ3) is 13.9. The standard InChI is InChI=1S/C34H53N2O5/c1-5-7-8-9-10-11-12-13-14-15-16-17-24-40-32-21-20-30(25-33(32)39-4)28-41-34(38)36(29(3)37)27-31-19-18-23-35(26-31)22-6-2/h18-21,23,25-26H,5-17,22,24,27-28H2,1-4H3/q+1. The van der Waals surface area contributed by atoms with Crippen LogP contribution in [0.3, 0.4) is 0 Å². The summed E-state index contributed by atoms with van der Waals surface area (Å²) in [5, 5.41) is 0. The van der Waals surface area contributed by atoms with Crippen molar-refractivity contribution < 1.29 is 28.4 Å². The molecule has 1 aromatic heterocycles. The molecule has 41 heavy (non-hydrogen) atoms. The lowest BCUT2D eigenvalue weighted by Gasteiger charge is -2.19. The van der Waals surface area contributed by atoms with Gasteiger partial charge in [-0.15, -0.1) is 0 Å². The quantitative estimate of drug-likeness (QED) is 0.112. The molecule has 1 aromatic carbocycles. The Hall–Kier alpha value is -3.09. The van der Waals surface area contributed by atoms with Gasteiger partial charge in [-0.2, -0.15) is 0 Å². The molecule has 0 radical (unpaired) electrons. The number of carbonyl (C=O) groups is 2. The van der Waals surface area contributed by atoms with Gasteiger partial charge in [-0.1, -0.05) is 90.5 Å². The van der Waals surface area contributed by atoms with Crippen molar-refractivity contribution >= 4 is 12.0 Å². The van der Waals surface area contributed by atoms with E-state index in [9.17, 15) is 9.59 Å². The first-order chi connectivity index (χ1) is 20.0. The van der Waals surface area contributed by atoms with Crippen LogP contribution < -0.4 is 14.0 Å². The molecule has 228 valence electrons. The van der Waals surface area contributed by atoms with Crippen LogP contribution in [-0.4, -0.2) is 30.6 Å². The molecule has 0 spiro atoms. The van der Waals surface area contributed by atoms with Crippen LogP contribution >= 0.6 is 0 Å². The predicted octanol–water partition coefficient (Wildman–Crippen LogP) is 8.16. The highest BCUT2D eigenvalue weighted by molar-refractivity contribution is 5.90. The fraction of sp³-hybridized carbons (Fsp3) is 0.618. The Labute approximate surface area is 248 Å². The van der Waals surface area contributed by atoms with E-state index in [4.69, 9.17) is 14.2 Å². The van der Waals surface area contributed by atoms with Crippen LogP contribution in [0.5, 0.6) is 11.5 Å². The van der Waals surface area contributed by atoms with Crippen LogP contribution in [-0.2, 0) is 29.2 Å². The molecule has 7 nitrogen and oxygen atoms in total. The second-order valence-corrected chi connectivity index (χ2v) is 10.8. The number of unbranched alkanes of at least 4 members (excludes halogenated alkanes) is 11. The van der Waals surface area contributed by atoms with Crippen LogP contribution in [0.1, 0.15) is 115 Å². The monoisotopic (exact) mass is 569 g/mol. The Morgan fingerprint density at radius 3 is 2.07 bits per heavy atom. The summed E-state index contributed by atoms with van der Waals surface area (Å²) >= 11 is 0. The first-order valence-corrected chi connectivity index (χ1v) is 15.7. The van der Waals surface area contributed by atoms with Crippen molar-refractivity contribution in [3.05, 3.63) is 53.9 Å². The van der Waals surface area contributed by atoms with E-state index < -0.39 is 6.09 Å². The zero-order valence-electron chi connectivity index (χ0n) is 26.0. The number of aryl methyl sites for hydroxylation is 1. The number of methoxy groups -OCH3 is 1. The highest BCUT2D eigenvalue weighted by atomic mass is 16.6. The summed E-state index contributed by atoms with van der Waals surface area (Å²) in [6, 6.07) is 9.34. The molecule has 0 fully saturated rings. The van der Waals surface area contributed by atoms with Gasteiger partial charge >= 0.3 is 6.09 Å². The molecule has 0 atom stereocenters. The van der Waals surface area contributed by atoms with Crippen molar-refractivity contribution in [2.24, 2.45) is 0 Å². The number of nitrogens with zero attached hydrogens (tertiary/aromatic N) is 2. The van der Waals surface area contributed by atoms with Crippen molar-refractivity contribution in [2.75, 3.05) is 13.7 Å². The van der Waals surface area contributed by atoms with Gasteiger partial charge in [0, 0.05) is 25.0 Å². The molecule has 1 heterocycles. The van der Waals surface area contributed by atoms with E-state index in [-0.39, 0.29) is 19.1 Å². The van der Waals surface area contributed by atoms with Crippen molar-refractivity contribution in [2.45, 2.75) is 124 Å². The first-order valence-electron chi connectivity index (χ1n) is 15.7. The molecule has 0 bridgehead atoms. The second kappa shape index (κ2) is 20.7. The maximum absolute atomic E-state index is 12.8. The smallest absolute Gasteiger partial charge is 0.417 e. The Kier molecular flexibility index (Phi) is 17.3. The predicted molar refractivity (Wildman–Crippen MR) is 163 cm³/mol. The zero-order valence-corrected chi connectivity index (χ0v) is 26.0. The number of pyridine rings is 1. The fourth-order valence-corrected chi connectivity index (χ4v) is 4.82. The Balaban J connectivity index is 1.72. The third-order valence-corrected chi connectivity index (χ3v) is 7.19. The van der Waals surface area contributed by atoms with Gasteiger partial charge in [0.15, 0.2) is 23.9 Å². The van der Waals surface area contributed by atoms with E-state index in [0.717, 1.165) is 35.4 Å². The zero-order chi connectivity index (χ0) is 29.7. The number of aromatic nitrogens is 1. The molecule has 0 aliphatic carbocycles. The van der Waals surface area contributed by atoms with E-state index in [1.807, 2.05) is 47.3 Å². The van der Waals surface area contributed by atoms with E-state index >= 15 is 0 Å². The molecule has 7 heteroatoms. The summed E-state index contributed by atoms with van der Waals surface area (Å²) in [5.74, 6) is 0.922. The minimum absolute atomic E-state index is 0.0304. The molecule has 2 aromatic rings. The summed E-state index contributed by atoms with van der Waals surface area (Å²) in [6.07, 6.45) is 19.9. The summed E-state index contributed by atoms with van der Waals surface area (Å²) in [7, 11) is 1.60.